The Morgan fingerprint density at radius 3 is 2.77 bits per heavy atom. The summed E-state index contributed by atoms with van der Waals surface area (Å²) in [5, 5.41) is 6.22. The number of aromatic nitrogens is 2. The van der Waals surface area contributed by atoms with Crippen molar-refractivity contribution in [2.45, 2.75) is 12.8 Å². The number of rotatable bonds is 4. The number of fused-ring (bicyclic) bond motifs is 1. The molecule has 0 aliphatic carbocycles. The fourth-order valence-corrected chi connectivity index (χ4v) is 4.85. The van der Waals surface area contributed by atoms with Crippen molar-refractivity contribution >= 4 is 49.2 Å². The average Bonchev–Trinajstić information content (AvgIpc) is 3.39. The second-order valence-electron chi connectivity index (χ2n) is 5.84. The number of nitrogens with zero attached hydrogens (tertiary/aromatic N) is 3. The van der Waals surface area contributed by atoms with Gasteiger partial charge in [-0.3, -0.25) is 5.32 Å². The first kappa shape index (κ1) is 17.0. The molecule has 2 aromatic heterocycles. The quantitative estimate of drug-likeness (QED) is 0.719. The van der Waals surface area contributed by atoms with Crippen LogP contribution in [-0.2, 0) is 4.74 Å². The van der Waals surface area contributed by atoms with Crippen LogP contribution in [0.5, 0.6) is 5.75 Å². The molecule has 0 saturated carbocycles. The molecule has 1 N–H and O–H groups in total. The van der Waals surface area contributed by atoms with E-state index in [2.05, 4.69) is 25.3 Å². The van der Waals surface area contributed by atoms with Gasteiger partial charge in [0, 0.05) is 24.0 Å². The van der Waals surface area contributed by atoms with Gasteiger partial charge in [-0.1, -0.05) is 11.3 Å². The first-order valence-electron chi connectivity index (χ1n) is 8.23. The number of nitrogens with one attached hydrogen (secondary N) is 1. The molecular formula is C17H18N4O3S2. The minimum Gasteiger partial charge on any atom is -0.494 e. The molecular weight excluding hydrogens is 372 g/mol. The number of anilines is 2. The normalized spacial score (nSPS) is 14.0. The van der Waals surface area contributed by atoms with Crippen LogP contribution in [0.25, 0.3) is 21.5 Å². The van der Waals surface area contributed by atoms with E-state index in [4.69, 9.17) is 9.72 Å². The lowest BCUT2D eigenvalue weighted by Crippen LogP contribution is -2.17. The van der Waals surface area contributed by atoms with Crippen LogP contribution >= 0.6 is 22.7 Å². The number of hydrogen-bond donors (Lipinski definition) is 1. The van der Waals surface area contributed by atoms with Crippen LogP contribution in [0, 0.1) is 0 Å². The summed E-state index contributed by atoms with van der Waals surface area (Å²) in [7, 11) is 2.93. The summed E-state index contributed by atoms with van der Waals surface area (Å²) in [5.74, 6) is 0.660. The van der Waals surface area contributed by atoms with Gasteiger partial charge in [0.2, 0.25) is 0 Å². The first-order chi connectivity index (χ1) is 12.7. The van der Waals surface area contributed by atoms with Gasteiger partial charge in [0.05, 0.1) is 24.6 Å². The molecule has 1 aliphatic heterocycles. The highest BCUT2D eigenvalue weighted by atomic mass is 32.1. The number of ether oxygens (including phenoxy) is 2. The van der Waals surface area contributed by atoms with Crippen LogP contribution in [0.2, 0.25) is 0 Å². The molecule has 3 aromatic rings. The fraction of sp³-hybridized carbons (Fsp3) is 0.353. The Hall–Kier alpha value is -2.39. The van der Waals surface area contributed by atoms with Gasteiger partial charge < -0.3 is 14.4 Å². The highest BCUT2D eigenvalue weighted by Crippen LogP contribution is 2.40. The average molecular weight is 390 g/mol. The number of amides is 1. The van der Waals surface area contributed by atoms with Gasteiger partial charge in [0.1, 0.15) is 11.3 Å². The Morgan fingerprint density at radius 2 is 2.04 bits per heavy atom. The molecule has 0 unspecified atom stereocenters. The van der Waals surface area contributed by atoms with E-state index in [0.29, 0.717) is 16.4 Å². The van der Waals surface area contributed by atoms with Crippen molar-refractivity contribution < 1.29 is 14.3 Å². The molecule has 1 aliphatic rings. The summed E-state index contributed by atoms with van der Waals surface area (Å²) in [6, 6.07) is 3.87. The summed E-state index contributed by atoms with van der Waals surface area (Å²) in [4.78, 5) is 23.1. The number of carbonyl (C=O) groups is 1. The van der Waals surface area contributed by atoms with E-state index < -0.39 is 6.09 Å². The molecule has 3 heterocycles. The largest absolute Gasteiger partial charge is 0.494 e. The number of carbonyl (C=O) groups excluding carboxylic acids is 1. The Morgan fingerprint density at radius 1 is 1.23 bits per heavy atom. The van der Waals surface area contributed by atoms with E-state index in [1.807, 2.05) is 12.1 Å². The Labute approximate surface area is 158 Å². The third-order valence-electron chi connectivity index (χ3n) is 4.27. The van der Waals surface area contributed by atoms with Crippen LogP contribution in [0.3, 0.4) is 0 Å². The summed E-state index contributed by atoms with van der Waals surface area (Å²) in [6.45, 7) is 2.14. The summed E-state index contributed by atoms with van der Waals surface area (Å²) in [5.41, 5.74) is 2.60. The maximum absolute atomic E-state index is 11.5. The van der Waals surface area contributed by atoms with Crippen molar-refractivity contribution in [3.63, 3.8) is 0 Å². The van der Waals surface area contributed by atoms with E-state index in [-0.39, 0.29) is 0 Å². The molecule has 136 valence electrons. The summed E-state index contributed by atoms with van der Waals surface area (Å²) >= 11 is 3.04. The predicted molar refractivity (Wildman–Crippen MR) is 105 cm³/mol. The van der Waals surface area contributed by atoms with Crippen molar-refractivity contribution in [2.24, 2.45) is 0 Å². The summed E-state index contributed by atoms with van der Waals surface area (Å²) in [6.07, 6.45) is 1.90. The number of thiazole rings is 2. The Balaban J connectivity index is 1.75. The van der Waals surface area contributed by atoms with Gasteiger partial charge in [0.15, 0.2) is 10.3 Å². The molecule has 1 amide bonds. The molecule has 4 rings (SSSR count). The van der Waals surface area contributed by atoms with E-state index in [0.717, 1.165) is 34.2 Å². The molecule has 1 fully saturated rings. The van der Waals surface area contributed by atoms with Crippen molar-refractivity contribution in [1.82, 2.24) is 9.97 Å². The zero-order chi connectivity index (χ0) is 18.1. The van der Waals surface area contributed by atoms with Crippen molar-refractivity contribution in [2.75, 3.05) is 37.5 Å². The van der Waals surface area contributed by atoms with Crippen molar-refractivity contribution in [3.8, 4) is 17.0 Å². The zero-order valence-corrected chi connectivity index (χ0v) is 16.1. The smallest absolute Gasteiger partial charge is 0.413 e. The second kappa shape index (κ2) is 7.08. The standard InChI is InChI=1S/C17H18N4O3S2/c1-23-12-6-5-10(11-9-25-16(18-11)21-7-3-4-8-21)14-13(12)19-15(26-14)20-17(22)24-2/h5-6,9H,3-4,7-8H2,1-2H3,(H,19,20,22). The minimum absolute atomic E-state index is 0.465. The molecule has 1 aromatic carbocycles. The van der Waals surface area contributed by atoms with Gasteiger partial charge in [0.25, 0.3) is 0 Å². The van der Waals surface area contributed by atoms with Gasteiger partial charge >= 0.3 is 6.09 Å². The van der Waals surface area contributed by atoms with E-state index >= 15 is 0 Å². The van der Waals surface area contributed by atoms with Crippen LogP contribution < -0.4 is 15.0 Å². The predicted octanol–water partition coefficient (Wildman–Crippen LogP) is 4.21. The SMILES string of the molecule is COC(=O)Nc1nc2c(OC)ccc(-c3csc(N4CCCC4)n3)c2s1. The van der Waals surface area contributed by atoms with Crippen LogP contribution in [-0.4, -0.2) is 43.4 Å². The number of benzene rings is 1. The third kappa shape index (κ3) is 3.08. The Kier molecular flexibility index (Phi) is 4.64. The number of methoxy groups -OCH3 is 2. The molecule has 9 heteroatoms. The summed E-state index contributed by atoms with van der Waals surface area (Å²) < 4.78 is 11.0. The maximum Gasteiger partial charge on any atom is 0.413 e. The molecule has 0 radical (unpaired) electrons. The van der Waals surface area contributed by atoms with Gasteiger partial charge in [-0.25, -0.2) is 14.8 Å². The first-order valence-corrected chi connectivity index (χ1v) is 9.92. The molecule has 1 saturated heterocycles. The van der Waals surface area contributed by atoms with Crippen molar-refractivity contribution in [3.05, 3.63) is 17.5 Å². The van der Waals surface area contributed by atoms with E-state index in [1.54, 1.807) is 18.4 Å². The highest BCUT2D eigenvalue weighted by molar-refractivity contribution is 7.23. The van der Waals surface area contributed by atoms with Gasteiger partial charge in [-0.05, 0) is 25.0 Å². The second-order valence-corrected chi connectivity index (χ2v) is 7.67. The monoisotopic (exact) mass is 390 g/mol. The lowest BCUT2D eigenvalue weighted by molar-refractivity contribution is 0.187. The van der Waals surface area contributed by atoms with Crippen LogP contribution in [0.4, 0.5) is 15.1 Å². The van der Waals surface area contributed by atoms with E-state index in [1.165, 1.54) is 31.3 Å². The molecule has 26 heavy (non-hydrogen) atoms. The third-order valence-corrected chi connectivity index (χ3v) is 6.17. The topological polar surface area (TPSA) is 76.6 Å². The van der Waals surface area contributed by atoms with Crippen LogP contribution in [0.15, 0.2) is 17.5 Å². The van der Waals surface area contributed by atoms with Gasteiger partial charge in [-0.2, -0.15) is 0 Å². The van der Waals surface area contributed by atoms with Crippen molar-refractivity contribution in [1.29, 1.82) is 0 Å². The fourth-order valence-electron chi connectivity index (χ4n) is 2.98. The molecule has 0 atom stereocenters. The maximum atomic E-state index is 11.5. The lowest BCUT2D eigenvalue weighted by Gasteiger charge is -2.12. The number of hydrogen-bond acceptors (Lipinski definition) is 8. The molecule has 0 bridgehead atoms. The lowest BCUT2D eigenvalue weighted by atomic mass is 10.1. The molecule has 7 nitrogen and oxygen atoms in total. The molecule has 0 spiro atoms. The zero-order valence-electron chi connectivity index (χ0n) is 14.4. The minimum atomic E-state index is -0.547. The van der Waals surface area contributed by atoms with Crippen LogP contribution in [0.1, 0.15) is 12.8 Å². The van der Waals surface area contributed by atoms with E-state index in [9.17, 15) is 4.79 Å². The highest BCUT2D eigenvalue weighted by Gasteiger charge is 2.20. The van der Waals surface area contributed by atoms with Gasteiger partial charge in [-0.15, -0.1) is 11.3 Å². The Bertz CT molecular complexity index is 947.